The normalized spacial score (nSPS) is 18.6. The smallest absolute Gasteiger partial charge is 0.410 e. The second kappa shape index (κ2) is 10.7. The van der Waals surface area contributed by atoms with Crippen LogP contribution in [0.25, 0.3) is 0 Å². The maximum atomic E-state index is 14.5. The highest BCUT2D eigenvalue weighted by Crippen LogP contribution is 2.47. The number of alkyl halides is 3. The van der Waals surface area contributed by atoms with Crippen molar-refractivity contribution in [2.24, 2.45) is 0 Å². The van der Waals surface area contributed by atoms with Crippen LogP contribution in [0.15, 0.2) is 60.7 Å². The van der Waals surface area contributed by atoms with Crippen LogP contribution in [-0.4, -0.2) is 51.4 Å². The van der Waals surface area contributed by atoms with Crippen LogP contribution in [0.3, 0.4) is 0 Å². The topological polar surface area (TPSA) is 64.4 Å². The number of aromatic nitrogens is 2. The molecule has 0 saturated carbocycles. The summed E-state index contributed by atoms with van der Waals surface area (Å²) in [6, 6.07) is 18.5. The van der Waals surface area contributed by atoms with E-state index in [-0.39, 0.29) is 17.9 Å². The summed E-state index contributed by atoms with van der Waals surface area (Å²) in [7, 11) is 0. The lowest BCUT2D eigenvalue weighted by Gasteiger charge is -2.34. The Labute approximate surface area is 232 Å². The van der Waals surface area contributed by atoms with Gasteiger partial charge < -0.3 is 9.64 Å². The van der Waals surface area contributed by atoms with Gasteiger partial charge in [0.25, 0.3) is 0 Å². The van der Waals surface area contributed by atoms with Crippen molar-refractivity contribution in [2.75, 3.05) is 13.1 Å². The van der Waals surface area contributed by atoms with E-state index in [2.05, 4.69) is 0 Å². The number of rotatable bonds is 4. The molecule has 2 aliphatic rings. The maximum absolute atomic E-state index is 14.5. The molecule has 1 aliphatic heterocycles. The highest BCUT2D eigenvalue weighted by Gasteiger charge is 2.49. The van der Waals surface area contributed by atoms with Crippen molar-refractivity contribution in [3.8, 4) is 0 Å². The van der Waals surface area contributed by atoms with Gasteiger partial charge in [0.05, 0.1) is 17.3 Å². The molecule has 1 aliphatic carbocycles. The van der Waals surface area contributed by atoms with Crippen LogP contribution >= 0.6 is 0 Å². The molecule has 40 heavy (non-hydrogen) atoms. The molecule has 0 radical (unpaired) electrons. The third-order valence-corrected chi connectivity index (χ3v) is 7.63. The molecular weight excluding hydrogens is 519 g/mol. The Hall–Kier alpha value is -3.62. The third-order valence-electron chi connectivity index (χ3n) is 7.63. The maximum Gasteiger partial charge on any atom is 0.410 e. The van der Waals surface area contributed by atoms with Crippen LogP contribution < -0.4 is 0 Å². The van der Waals surface area contributed by atoms with Gasteiger partial charge in [0.15, 0.2) is 0 Å². The minimum absolute atomic E-state index is 0.0954. The minimum atomic E-state index is -4.58. The Morgan fingerprint density at radius 3 is 2.00 bits per heavy atom. The summed E-state index contributed by atoms with van der Waals surface area (Å²) < 4.78 is 50.5. The van der Waals surface area contributed by atoms with E-state index >= 15 is 0 Å². The van der Waals surface area contributed by atoms with E-state index in [0.717, 1.165) is 11.1 Å². The van der Waals surface area contributed by atoms with E-state index in [1.807, 2.05) is 60.7 Å². The number of carbonyl (C=O) groups is 2. The van der Waals surface area contributed by atoms with E-state index in [0.29, 0.717) is 37.3 Å². The minimum Gasteiger partial charge on any atom is -0.444 e. The summed E-state index contributed by atoms with van der Waals surface area (Å²) in [5, 5.41) is 4.93. The Morgan fingerprint density at radius 1 is 0.950 bits per heavy atom. The zero-order chi connectivity index (χ0) is 28.7. The van der Waals surface area contributed by atoms with Gasteiger partial charge in [-0.05, 0) is 44.7 Å². The van der Waals surface area contributed by atoms with Gasteiger partial charge in [-0.1, -0.05) is 60.7 Å². The number of hydrogen-bond donors (Lipinski definition) is 0. The molecule has 1 amide bonds. The van der Waals surface area contributed by atoms with Gasteiger partial charge in [-0.25, -0.2) is 4.79 Å². The highest BCUT2D eigenvalue weighted by atomic mass is 19.4. The van der Waals surface area contributed by atoms with Gasteiger partial charge in [0, 0.05) is 37.4 Å². The first-order valence-electron chi connectivity index (χ1n) is 13.7. The molecule has 1 atom stereocenters. The van der Waals surface area contributed by atoms with Gasteiger partial charge in [0.2, 0.25) is 0 Å². The molecule has 0 spiro atoms. The Kier molecular flexibility index (Phi) is 7.50. The third kappa shape index (κ3) is 5.78. The zero-order valence-electron chi connectivity index (χ0n) is 22.9. The predicted octanol–water partition coefficient (Wildman–Crippen LogP) is 6.80. The summed E-state index contributed by atoms with van der Waals surface area (Å²) in [5.41, 5.74) is 1.96. The van der Waals surface area contributed by atoms with Crippen LogP contribution in [0.2, 0.25) is 0 Å². The predicted molar refractivity (Wildman–Crippen MR) is 144 cm³/mol. The number of benzene rings is 2. The zero-order valence-corrected chi connectivity index (χ0v) is 22.9. The summed E-state index contributed by atoms with van der Waals surface area (Å²) in [6.07, 6.45) is -4.76. The molecule has 9 heteroatoms. The molecule has 2 heterocycles. The molecule has 1 unspecified atom stereocenters. The first kappa shape index (κ1) is 27.9. The highest BCUT2D eigenvalue weighted by molar-refractivity contribution is 5.84. The first-order chi connectivity index (χ1) is 18.9. The summed E-state index contributed by atoms with van der Waals surface area (Å²) in [5.74, 6) is -2.62. The van der Waals surface area contributed by atoms with Gasteiger partial charge >= 0.3 is 12.3 Å². The number of ketones is 1. The second-order valence-corrected chi connectivity index (χ2v) is 11.7. The Morgan fingerprint density at radius 2 is 1.50 bits per heavy atom. The molecular formula is C31H34F3N3O3. The van der Waals surface area contributed by atoms with Crippen LogP contribution in [0.1, 0.15) is 86.0 Å². The monoisotopic (exact) mass is 553 g/mol. The van der Waals surface area contributed by atoms with Crippen molar-refractivity contribution >= 4 is 11.9 Å². The number of piperidine rings is 1. The number of halogens is 3. The fourth-order valence-corrected chi connectivity index (χ4v) is 5.85. The fraction of sp³-hybridized carbons (Fsp3) is 0.452. The molecule has 212 valence electrons. The van der Waals surface area contributed by atoms with Crippen LogP contribution in [0.5, 0.6) is 0 Å². The molecule has 2 aromatic carbocycles. The first-order valence-corrected chi connectivity index (χ1v) is 13.7. The largest absolute Gasteiger partial charge is 0.444 e. The number of ether oxygens (including phenoxy) is 1. The summed E-state index contributed by atoms with van der Waals surface area (Å²) in [4.78, 5) is 27.0. The summed E-state index contributed by atoms with van der Waals surface area (Å²) >= 11 is 0. The van der Waals surface area contributed by atoms with E-state index in [1.54, 1.807) is 30.4 Å². The molecule has 6 nitrogen and oxygen atoms in total. The van der Waals surface area contributed by atoms with E-state index in [9.17, 15) is 22.8 Å². The quantitative estimate of drug-likeness (QED) is 0.357. The molecule has 1 saturated heterocycles. The summed E-state index contributed by atoms with van der Waals surface area (Å²) in [6.45, 7) is 6.11. The van der Waals surface area contributed by atoms with Gasteiger partial charge in [-0.2, -0.15) is 18.3 Å². The van der Waals surface area contributed by atoms with Crippen LogP contribution in [0.4, 0.5) is 18.0 Å². The average Bonchev–Trinajstić information content (AvgIpc) is 3.27. The van der Waals surface area contributed by atoms with Crippen LogP contribution in [-0.2, 0) is 16.0 Å². The molecule has 5 rings (SSSR count). The number of nitrogens with zero attached hydrogens (tertiary/aromatic N) is 3. The van der Waals surface area contributed by atoms with Gasteiger partial charge in [0.1, 0.15) is 17.4 Å². The van der Waals surface area contributed by atoms with Crippen molar-refractivity contribution in [3.63, 3.8) is 0 Å². The van der Waals surface area contributed by atoms with Crippen molar-refractivity contribution in [1.29, 1.82) is 0 Å². The average molecular weight is 554 g/mol. The number of carbonyl (C=O) groups excluding carboxylic acids is 2. The standard InChI is InChI=1S/C31H34F3N3O3/c1-30(2,3)40-29(39)36-16-14-20(15-17-36)27-26-24(31(32,33)34)18-23(38)19-25(26)37(35-27)28(21-10-6-4-7-11-21)22-12-8-5-9-13-22/h4-13,20,24,28H,14-19H2,1-3H3. The van der Waals surface area contributed by atoms with Gasteiger partial charge in [-0.3, -0.25) is 9.48 Å². The molecule has 0 N–H and O–H groups in total. The number of amides is 1. The van der Waals surface area contributed by atoms with E-state index in [1.165, 1.54) is 0 Å². The lowest BCUT2D eigenvalue weighted by Crippen LogP contribution is -2.41. The fourth-order valence-electron chi connectivity index (χ4n) is 5.85. The van der Waals surface area contributed by atoms with Crippen molar-refractivity contribution in [1.82, 2.24) is 14.7 Å². The Bertz CT molecular complexity index is 1320. The Balaban J connectivity index is 1.59. The number of likely N-dealkylation sites (tertiary alicyclic amines) is 1. The van der Waals surface area contributed by atoms with E-state index in [4.69, 9.17) is 9.84 Å². The van der Waals surface area contributed by atoms with Gasteiger partial charge in [-0.15, -0.1) is 0 Å². The SMILES string of the molecule is CC(C)(C)OC(=O)N1CCC(c2nn(C(c3ccccc3)c3ccccc3)c3c2C(C(F)(F)F)CC(=O)C3)CC1. The van der Waals surface area contributed by atoms with Crippen LogP contribution in [0, 0.1) is 0 Å². The van der Waals surface area contributed by atoms with Crippen molar-refractivity contribution < 1.29 is 27.5 Å². The number of Topliss-reactive ketones (excluding diaryl/α,β-unsaturated/α-hetero) is 1. The lowest BCUT2D eigenvalue weighted by atomic mass is 9.79. The van der Waals surface area contributed by atoms with Crippen molar-refractivity contribution in [2.45, 2.75) is 76.1 Å². The van der Waals surface area contributed by atoms with Crippen molar-refractivity contribution in [3.05, 3.63) is 88.7 Å². The molecule has 1 fully saturated rings. The van der Waals surface area contributed by atoms with E-state index < -0.39 is 42.0 Å². The number of hydrogen-bond acceptors (Lipinski definition) is 4. The number of fused-ring (bicyclic) bond motifs is 1. The molecule has 1 aromatic heterocycles. The lowest BCUT2D eigenvalue weighted by molar-refractivity contribution is -0.158. The molecule has 0 bridgehead atoms. The second-order valence-electron chi connectivity index (χ2n) is 11.7. The molecule has 3 aromatic rings.